The topological polar surface area (TPSA) is 95.2 Å². The summed E-state index contributed by atoms with van der Waals surface area (Å²) in [5.41, 5.74) is 0.378. The minimum absolute atomic E-state index is 0.168. The number of hydrogen-bond donors (Lipinski definition) is 2. The summed E-state index contributed by atoms with van der Waals surface area (Å²) in [4.78, 5) is 18.8. The first kappa shape index (κ1) is 14.6. The number of nitrogens with one attached hydrogen (secondary N) is 2. The summed E-state index contributed by atoms with van der Waals surface area (Å²) in [6.07, 6.45) is 0.313. The summed E-state index contributed by atoms with van der Waals surface area (Å²) in [6.45, 7) is 0.168. The molecule has 20 heavy (non-hydrogen) atoms. The van der Waals surface area contributed by atoms with E-state index in [9.17, 15) is 13.2 Å². The lowest BCUT2D eigenvalue weighted by molar-refractivity contribution is 0.505. The highest BCUT2D eigenvalue weighted by atomic mass is 32.2. The summed E-state index contributed by atoms with van der Waals surface area (Å²) in [5.74, 6) is 0.454. The molecule has 7 nitrogen and oxygen atoms in total. The monoisotopic (exact) mass is 296 g/mol. The number of hydrogen-bond acceptors (Lipinski definition) is 4. The van der Waals surface area contributed by atoms with E-state index in [-0.39, 0.29) is 12.1 Å². The number of para-hydroxylation sites is 1. The van der Waals surface area contributed by atoms with E-state index < -0.39 is 10.2 Å². The highest BCUT2D eigenvalue weighted by molar-refractivity contribution is 7.87. The molecule has 1 aromatic heterocycles. The zero-order valence-electron chi connectivity index (χ0n) is 11.3. The van der Waals surface area contributed by atoms with Gasteiger partial charge in [-0.25, -0.2) is 9.71 Å². The smallest absolute Gasteiger partial charge is 0.278 e. The number of aromatic nitrogens is 2. The fourth-order valence-corrected chi connectivity index (χ4v) is 2.30. The third kappa shape index (κ3) is 3.21. The van der Waals surface area contributed by atoms with Crippen molar-refractivity contribution < 1.29 is 8.42 Å². The zero-order valence-corrected chi connectivity index (χ0v) is 12.1. The summed E-state index contributed by atoms with van der Waals surface area (Å²) in [6, 6.07) is 7.01. The molecule has 8 heteroatoms. The van der Waals surface area contributed by atoms with Gasteiger partial charge in [-0.2, -0.15) is 12.7 Å². The minimum atomic E-state index is -3.46. The minimum Gasteiger partial charge on any atom is -0.310 e. The molecule has 0 amide bonds. The second-order valence-corrected chi connectivity index (χ2v) is 6.43. The Morgan fingerprint density at radius 1 is 1.30 bits per heavy atom. The Bertz CT molecular complexity index is 768. The van der Waals surface area contributed by atoms with Gasteiger partial charge in [-0.15, -0.1) is 0 Å². The Kier molecular flexibility index (Phi) is 4.17. The van der Waals surface area contributed by atoms with Crippen molar-refractivity contribution in [1.29, 1.82) is 0 Å². The SMILES string of the molecule is CN(C)S(=O)(=O)NCCc1nc2ccccc2c(=O)[nH]1. The molecule has 0 atom stereocenters. The van der Waals surface area contributed by atoms with Crippen LogP contribution in [0.2, 0.25) is 0 Å². The maximum Gasteiger partial charge on any atom is 0.278 e. The zero-order chi connectivity index (χ0) is 14.8. The van der Waals surface area contributed by atoms with Gasteiger partial charge < -0.3 is 4.98 Å². The second-order valence-electron chi connectivity index (χ2n) is 4.46. The van der Waals surface area contributed by atoms with Crippen molar-refractivity contribution >= 4 is 21.1 Å². The van der Waals surface area contributed by atoms with E-state index in [1.165, 1.54) is 14.1 Å². The van der Waals surface area contributed by atoms with Crippen LogP contribution in [-0.2, 0) is 16.6 Å². The van der Waals surface area contributed by atoms with Gasteiger partial charge in [0.25, 0.3) is 15.8 Å². The number of H-pyrrole nitrogens is 1. The van der Waals surface area contributed by atoms with Gasteiger partial charge in [0, 0.05) is 27.1 Å². The van der Waals surface area contributed by atoms with Crippen LogP contribution in [-0.4, -0.2) is 43.3 Å². The van der Waals surface area contributed by atoms with Crippen LogP contribution < -0.4 is 10.3 Å². The number of nitrogens with zero attached hydrogens (tertiary/aromatic N) is 2. The number of aromatic amines is 1. The molecule has 0 aliphatic heterocycles. The fraction of sp³-hybridized carbons (Fsp3) is 0.333. The molecule has 0 fully saturated rings. The van der Waals surface area contributed by atoms with E-state index in [0.29, 0.717) is 23.1 Å². The van der Waals surface area contributed by atoms with Crippen molar-refractivity contribution in [2.75, 3.05) is 20.6 Å². The summed E-state index contributed by atoms with van der Waals surface area (Å²) in [5, 5.41) is 0.519. The molecular weight excluding hydrogens is 280 g/mol. The average Bonchev–Trinajstić information content (AvgIpc) is 2.38. The fourth-order valence-electron chi connectivity index (χ4n) is 1.68. The van der Waals surface area contributed by atoms with Crippen molar-refractivity contribution in [2.24, 2.45) is 0 Å². The molecule has 2 aromatic rings. The van der Waals surface area contributed by atoms with Crippen LogP contribution in [0.4, 0.5) is 0 Å². The maximum atomic E-state index is 11.8. The second kappa shape index (κ2) is 5.70. The first-order valence-electron chi connectivity index (χ1n) is 6.05. The quantitative estimate of drug-likeness (QED) is 0.803. The molecule has 0 radical (unpaired) electrons. The van der Waals surface area contributed by atoms with Gasteiger partial charge in [0.1, 0.15) is 5.82 Å². The number of benzene rings is 1. The Balaban J connectivity index is 2.14. The van der Waals surface area contributed by atoms with Crippen LogP contribution in [0, 0.1) is 0 Å². The Morgan fingerprint density at radius 2 is 2.00 bits per heavy atom. The lowest BCUT2D eigenvalue weighted by Gasteiger charge is -2.11. The molecule has 0 saturated heterocycles. The van der Waals surface area contributed by atoms with Gasteiger partial charge in [-0.1, -0.05) is 12.1 Å². The van der Waals surface area contributed by atoms with Crippen LogP contribution in [0.5, 0.6) is 0 Å². The van der Waals surface area contributed by atoms with Gasteiger partial charge in [0.15, 0.2) is 0 Å². The van der Waals surface area contributed by atoms with Crippen LogP contribution in [0.1, 0.15) is 5.82 Å². The molecule has 0 bridgehead atoms. The Labute approximate surface area is 116 Å². The van der Waals surface area contributed by atoms with E-state index in [2.05, 4.69) is 14.7 Å². The predicted octanol–water partition coefficient (Wildman–Crippen LogP) is -0.138. The summed E-state index contributed by atoms with van der Waals surface area (Å²) >= 11 is 0. The van der Waals surface area contributed by atoms with Crippen LogP contribution >= 0.6 is 0 Å². The van der Waals surface area contributed by atoms with Gasteiger partial charge in [0.2, 0.25) is 0 Å². The normalized spacial score (nSPS) is 12.2. The molecule has 2 rings (SSSR count). The van der Waals surface area contributed by atoms with Gasteiger partial charge in [0.05, 0.1) is 10.9 Å². The van der Waals surface area contributed by atoms with Crippen LogP contribution in [0.15, 0.2) is 29.1 Å². The molecule has 1 heterocycles. The van der Waals surface area contributed by atoms with Crippen LogP contribution in [0.3, 0.4) is 0 Å². The average molecular weight is 296 g/mol. The van der Waals surface area contributed by atoms with E-state index in [1.807, 2.05) is 0 Å². The maximum absolute atomic E-state index is 11.8. The third-order valence-electron chi connectivity index (χ3n) is 2.79. The van der Waals surface area contributed by atoms with Crippen molar-refractivity contribution in [3.8, 4) is 0 Å². The number of rotatable bonds is 5. The molecule has 0 saturated carbocycles. The first-order chi connectivity index (χ1) is 9.40. The van der Waals surface area contributed by atoms with Crippen molar-refractivity contribution in [3.63, 3.8) is 0 Å². The summed E-state index contributed by atoms with van der Waals surface area (Å²) < 4.78 is 26.5. The standard InChI is InChI=1S/C12H16N4O3S/c1-16(2)20(18,19)13-8-7-11-14-10-6-4-3-5-9(10)12(17)15-11/h3-6,13H,7-8H2,1-2H3,(H,14,15,17). The predicted molar refractivity (Wildman–Crippen MR) is 76.7 cm³/mol. The third-order valence-corrected chi connectivity index (χ3v) is 4.32. The van der Waals surface area contributed by atoms with Gasteiger partial charge in [-0.3, -0.25) is 4.79 Å². The molecule has 1 aromatic carbocycles. The van der Waals surface area contributed by atoms with E-state index in [0.717, 1.165) is 4.31 Å². The highest BCUT2D eigenvalue weighted by Gasteiger charge is 2.12. The van der Waals surface area contributed by atoms with E-state index in [1.54, 1.807) is 24.3 Å². The molecule has 0 unspecified atom stereocenters. The van der Waals surface area contributed by atoms with Crippen molar-refractivity contribution in [2.45, 2.75) is 6.42 Å². The molecular formula is C12H16N4O3S. The van der Waals surface area contributed by atoms with E-state index >= 15 is 0 Å². The number of fused-ring (bicyclic) bond motifs is 1. The molecule has 0 aliphatic rings. The van der Waals surface area contributed by atoms with E-state index in [4.69, 9.17) is 0 Å². The largest absolute Gasteiger partial charge is 0.310 e. The van der Waals surface area contributed by atoms with Crippen molar-refractivity contribution in [3.05, 3.63) is 40.4 Å². The summed E-state index contributed by atoms with van der Waals surface area (Å²) in [7, 11) is -0.572. The lowest BCUT2D eigenvalue weighted by Crippen LogP contribution is -2.37. The molecule has 108 valence electrons. The Hall–Kier alpha value is -1.77. The lowest BCUT2D eigenvalue weighted by atomic mass is 10.2. The molecule has 0 spiro atoms. The van der Waals surface area contributed by atoms with Gasteiger partial charge in [-0.05, 0) is 12.1 Å². The molecule has 2 N–H and O–H groups in total. The Morgan fingerprint density at radius 3 is 2.70 bits per heavy atom. The molecule has 0 aliphatic carbocycles. The first-order valence-corrected chi connectivity index (χ1v) is 7.49. The highest BCUT2D eigenvalue weighted by Crippen LogP contribution is 2.05. The van der Waals surface area contributed by atoms with Gasteiger partial charge >= 0.3 is 0 Å². The van der Waals surface area contributed by atoms with Crippen molar-refractivity contribution in [1.82, 2.24) is 19.0 Å². The van der Waals surface area contributed by atoms with Crippen LogP contribution in [0.25, 0.3) is 10.9 Å².